The summed E-state index contributed by atoms with van der Waals surface area (Å²) in [4.78, 5) is 11.6. The van der Waals surface area contributed by atoms with E-state index in [0.717, 1.165) is 0 Å². The van der Waals surface area contributed by atoms with Gasteiger partial charge in [-0.3, -0.25) is 4.79 Å². The Morgan fingerprint density at radius 2 is 2.00 bits per heavy atom. The zero-order valence-corrected chi connectivity index (χ0v) is 11.1. The quantitative estimate of drug-likeness (QED) is 0.491. The molecule has 0 aromatic carbocycles. The summed E-state index contributed by atoms with van der Waals surface area (Å²) in [5.41, 5.74) is 3.60. The Morgan fingerprint density at radius 1 is 1.53 bits per heavy atom. The number of carbonyl (C=O) groups is 1. The van der Waals surface area contributed by atoms with Gasteiger partial charge in [0.1, 0.15) is 5.60 Å². The molecule has 0 spiro atoms. The highest BCUT2D eigenvalue weighted by Gasteiger charge is 2.46. The van der Waals surface area contributed by atoms with Gasteiger partial charge in [0.2, 0.25) is 5.91 Å². The van der Waals surface area contributed by atoms with Crippen LogP contribution < -0.4 is 11.1 Å². The second-order valence-electron chi connectivity index (χ2n) is 5.02. The monoisotopic (exact) mass is 244 g/mol. The molecule has 2 unspecified atom stereocenters. The fourth-order valence-corrected chi connectivity index (χ4v) is 1.60. The van der Waals surface area contributed by atoms with Gasteiger partial charge in [-0.15, -0.1) is 0 Å². The maximum Gasteiger partial charge on any atom is 0.246 e. The highest BCUT2D eigenvalue weighted by molar-refractivity contribution is 5.92. The van der Waals surface area contributed by atoms with Gasteiger partial charge in [0.05, 0.1) is 12.6 Å². The third-order valence-electron chi connectivity index (χ3n) is 3.03. The lowest BCUT2D eigenvalue weighted by molar-refractivity contribution is -0.126. The van der Waals surface area contributed by atoms with E-state index in [2.05, 4.69) is 11.9 Å². The Balaban J connectivity index is 5.08. The van der Waals surface area contributed by atoms with Gasteiger partial charge in [0, 0.05) is 11.1 Å². The first-order chi connectivity index (χ1) is 7.60. The number of aliphatic hydroxyl groups is 2. The van der Waals surface area contributed by atoms with Gasteiger partial charge in [-0.1, -0.05) is 13.5 Å². The third kappa shape index (κ3) is 3.52. The summed E-state index contributed by atoms with van der Waals surface area (Å²) in [7, 11) is 0. The van der Waals surface area contributed by atoms with Gasteiger partial charge in [0.15, 0.2) is 0 Å². The van der Waals surface area contributed by atoms with Crippen molar-refractivity contribution < 1.29 is 15.0 Å². The van der Waals surface area contributed by atoms with Gasteiger partial charge >= 0.3 is 0 Å². The Labute approximate surface area is 103 Å². The van der Waals surface area contributed by atoms with Crippen LogP contribution in [0.2, 0.25) is 0 Å². The van der Waals surface area contributed by atoms with Crippen molar-refractivity contribution in [1.82, 2.24) is 5.32 Å². The van der Waals surface area contributed by atoms with E-state index in [4.69, 9.17) is 5.73 Å². The molecule has 0 rings (SSSR count). The van der Waals surface area contributed by atoms with Crippen LogP contribution >= 0.6 is 0 Å². The molecule has 0 aliphatic rings. The lowest BCUT2D eigenvalue weighted by Gasteiger charge is -2.44. The summed E-state index contributed by atoms with van der Waals surface area (Å²) in [5.74, 6) is -0.354. The van der Waals surface area contributed by atoms with E-state index in [0.29, 0.717) is 12.0 Å². The largest absolute Gasteiger partial charge is 0.393 e. The highest BCUT2D eigenvalue weighted by Crippen LogP contribution is 2.25. The van der Waals surface area contributed by atoms with Crippen molar-refractivity contribution in [2.75, 3.05) is 6.61 Å². The molecule has 5 heteroatoms. The van der Waals surface area contributed by atoms with Crippen LogP contribution in [0.1, 0.15) is 34.1 Å². The van der Waals surface area contributed by atoms with Crippen LogP contribution in [0.3, 0.4) is 0 Å². The average Bonchev–Trinajstić information content (AvgIpc) is 2.22. The second-order valence-corrected chi connectivity index (χ2v) is 5.02. The average molecular weight is 244 g/mol. The Hall–Kier alpha value is -0.910. The van der Waals surface area contributed by atoms with Crippen LogP contribution in [0.5, 0.6) is 0 Å². The summed E-state index contributed by atoms with van der Waals surface area (Å²) < 4.78 is 0. The zero-order valence-electron chi connectivity index (χ0n) is 11.1. The van der Waals surface area contributed by atoms with Crippen molar-refractivity contribution in [3.63, 3.8) is 0 Å². The molecule has 0 fully saturated rings. The molecular formula is C12H24N2O3. The molecule has 0 saturated heterocycles. The fourth-order valence-electron chi connectivity index (χ4n) is 1.60. The molecule has 5 N–H and O–H groups in total. The molecule has 2 atom stereocenters. The van der Waals surface area contributed by atoms with Crippen molar-refractivity contribution in [3.8, 4) is 0 Å². The summed E-state index contributed by atoms with van der Waals surface area (Å²) in [6, 6.07) is -0.628. The van der Waals surface area contributed by atoms with Crippen molar-refractivity contribution in [1.29, 1.82) is 0 Å². The number of nitrogens with one attached hydrogen (secondary N) is 1. The number of carbonyl (C=O) groups excluding carboxylic acids is 1. The SMILES string of the molecule is C=C(C)C(=O)NC(CC)C(O)(CO)C(C)(C)N. The minimum absolute atomic E-state index is 0.346. The Bertz CT molecular complexity index is 297. The number of amides is 1. The van der Waals surface area contributed by atoms with Gasteiger partial charge in [-0.05, 0) is 27.2 Å². The molecule has 0 radical (unpaired) electrons. The molecule has 1 amide bonds. The maximum absolute atomic E-state index is 11.6. The predicted octanol–water partition coefficient (Wildman–Crippen LogP) is -0.0820. The number of aliphatic hydroxyl groups excluding tert-OH is 1. The van der Waals surface area contributed by atoms with Crippen LogP contribution in [0, 0.1) is 0 Å². The molecule has 0 aliphatic heterocycles. The van der Waals surface area contributed by atoms with Crippen LogP contribution in [0.4, 0.5) is 0 Å². The van der Waals surface area contributed by atoms with E-state index in [1.165, 1.54) is 0 Å². The van der Waals surface area contributed by atoms with E-state index in [1.54, 1.807) is 27.7 Å². The van der Waals surface area contributed by atoms with E-state index >= 15 is 0 Å². The molecule has 0 aliphatic carbocycles. The zero-order chi connectivity index (χ0) is 13.9. The van der Waals surface area contributed by atoms with Crippen molar-refractivity contribution in [3.05, 3.63) is 12.2 Å². The second kappa shape index (κ2) is 5.62. The third-order valence-corrected chi connectivity index (χ3v) is 3.03. The Kier molecular flexibility index (Phi) is 5.32. The summed E-state index contributed by atoms with van der Waals surface area (Å²) in [6.45, 7) is 9.60. The van der Waals surface area contributed by atoms with Crippen molar-refractivity contribution in [2.24, 2.45) is 5.73 Å². The first kappa shape index (κ1) is 16.1. The van der Waals surface area contributed by atoms with E-state index in [9.17, 15) is 15.0 Å². The minimum atomic E-state index is -1.58. The van der Waals surface area contributed by atoms with E-state index < -0.39 is 23.8 Å². The van der Waals surface area contributed by atoms with Crippen LogP contribution in [0.25, 0.3) is 0 Å². The van der Waals surface area contributed by atoms with E-state index in [1.807, 2.05) is 0 Å². The molecule has 5 nitrogen and oxygen atoms in total. The van der Waals surface area contributed by atoms with Gasteiger partial charge < -0.3 is 21.3 Å². The van der Waals surface area contributed by atoms with Crippen molar-refractivity contribution in [2.45, 2.75) is 51.3 Å². The van der Waals surface area contributed by atoms with Crippen LogP contribution in [-0.2, 0) is 4.79 Å². The molecule has 0 heterocycles. The number of nitrogens with two attached hydrogens (primary N) is 1. The Morgan fingerprint density at radius 3 is 2.24 bits per heavy atom. The van der Waals surface area contributed by atoms with E-state index in [-0.39, 0.29) is 5.91 Å². The molecule has 0 aromatic rings. The van der Waals surface area contributed by atoms with Gasteiger partial charge in [0.25, 0.3) is 0 Å². The van der Waals surface area contributed by atoms with Crippen molar-refractivity contribution >= 4 is 5.91 Å². The lowest BCUT2D eigenvalue weighted by atomic mass is 9.77. The van der Waals surface area contributed by atoms with Gasteiger partial charge in [-0.25, -0.2) is 0 Å². The normalized spacial score (nSPS) is 17.1. The molecule has 0 saturated carbocycles. The standard InChI is InChI=1S/C12H24N2O3/c1-6-9(14-10(16)8(2)3)12(17,7-15)11(4,5)13/h9,15,17H,2,6-7,13H2,1,3-5H3,(H,14,16). The highest BCUT2D eigenvalue weighted by atomic mass is 16.3. The summed E-state index contributed by atoms with van der Waals surface area (Å²) in [5, 5.41) is 22.4. The molecule has 17 heavy (non-hydrogen) atoms. The molecule has 100 valence electrons. The maximum atomic E-state index is 11.6. The number of hydrogen-bond acceptors (Lipinski definition) is 4. The summed E-state index contributed by atoms with van der Waals surface area (Å²) in [6.07, 6.45) is 0.455. The first-order valence-corrected chi connectivity index (χ1v) is 5.68. The summed E-state index contributed by atoms with van der Waals surface area (Å²) >= 11 is 0. The predicted molar refractivity (Wildman–Crippen MR) is 67.3 cm³/mol. The smallest absolute Gasteiger partial charge is 0.246 e. The molecule has 0 aromatic heterocycles. The molecule has 0 bridgehead atoms. The topological polar surface area (TPSA) is 95.6 Å². The van der Waals surface area contributed by atoms with Crippen LogP contribution in [-0.4, -0.2) is 39.9 Å². The molecular weight excluding hydrogens is 220 g/mol. The first-order valence-electron chi connectivity index (χ1n) is 5.68. The van der Waals surface area contributed by atoms with Gasteiger partial charge in [-0.2, -0.15) is 0 Å². The minimum Gasteiger partial charge on any atom is -0.393 e. The fraction of sp³-hybridized carbons (Fsp3) is 0.750. The van der Waals surface area contributed by atoms with Crippen LogP contribution in [0.15, 0.2) is 12.2 Å². The number of rotatable bonds is 6. The number of hydrogen-bond donors (Lipinski definition) is 4. The lowest BCUT2D eigenvalue weighted by Crippen LogP contribution is -2.69.